The molecular weight excluding hydrogens is 376 g/mol. The summed E-state index contributed by atoms with van der Waals surface area (Å²) in [5, 5.41) is 0. The van der Waals surface area contributed by atoms with E-state index < -0.39 is 0 Å². The van der Waals surface area contributed by atoms with E-state index in [1.807, 2.05) is 40.9 Å². The molecule has 3 aromatic rings. The molecule has 158 valence electrons. The Kier molecular flexibility index (Phi) is 6.38. The van der Waals surface area contributed by atoms with E-state index in [9.17, 15) is 4.79 Å². The zero-order chi connectivity index (χ0) is 20.9. The Hall–Kier alpha value is -2.80. The fourth-order valence-electron chi connectivity index (χ4n) is 4.36. The van der Waals surface area contributed by atoms with Gasteiger partial charge in [0.15, 0.2) is 11.3 Å². The number of likely N-dealkylation sites (tertiary alicyclic amines) is 1. The monoisotopic (exact) mass is 406 g/mol. The molecule has 1 fully saturated rings. The second kappa shape index (κ2) is 9.34. The number of imidazole rings is 1. The van der Waals surface area contributed by atoms with Gasteiger partial charge >= 0.3 is 0 Å². The van der Waals surface area contributed by atoms with Gasteiger partial charge < -0.3 is 4.90 Å². The van der Waals surface area contributed by atoms with Crippen LogP contribution in [0.25, 0.3) is 5.65 Å². The van der Waals surface area contributed by atoms with Gasteiger partial charge in [0, 0.05) is 49.8 Å². The summed E-state index contributed by atoms with van der Waals surface area (Å²) in [5.41, 5.74) is 3.59. The molecule has 0 unspecified atom stereocenters. The molecule has 0 aromatic carbocycles. The van der Waals surface area contributed by atoms with E-state index in [1.54, 1.807) is 6.33 Å². The first-order valence-corrected chi connectivity index (χ1v) is 10.9. The molecule has 1 amide bonds. The molecular formula is C23H30N6O. The minimum Gasteiger partial charge on any atom is -0.337 e. The van der Waals surface area contributed by atoms with Gasteiger partial charge in [0.25, 0.3) is 5.91 Å². The number of nitrogens with zero attached hydrogens (tertiary/aromatic N) is 6. The SMILES string of the molecule is CCCN(CC)C(=O)c1ncn2c(C3CCN(Cc4cccnc4)CC3)ccnc12. The molecule has 0 atom stereocenters. The first-order chi connectivity index (χ1) is 14.7. The van der Waals surface area contributed by atoms with Crippen molar-refractivity contribution in [2.45, 2.75) is 45.6 Å². The first kappa shape index (κ1) is 20.5. The highest BCUT2D eigenvalue weighted by Crippen LogP contribution is 2.29. The predicted octanol–water partition coefficient (Wildman–Crippen LogP) is 3.38. The average molecular weight is 407 g/mol. The van der Waals surface area contributed by atoms with Gasteiger partial charge in [-0.05, 0) is 57.0 Å². The predicted molar refractivity (Wildman–Crippen MR) is 116 cm³/mol. The molecule has 3 aromatic heterocycles. The number of carbonyl (C=O) groups is 1. The number of hydrogen-bond acceptors (Lipinski definition) is 5. The van der Waals surface area contributed by atoms with Crippen molar-refractivity contribution < 1.29 is 4.79 Å². The van der Waals surface area contributed by atoms with E-state index in [4.69, 9.17) is 0 Å². The number of aromatic nitrogens is 4. The molecule has 0 bridgehead atoms. The lowest BCUT2D eigenvalue weighted by atomic mass is 9.93. The van der Waals surface area contributed by atoms with Crippen molar-refractivity contribution in [2.75, 3.05) is 26.2 Å². The quantitative estimate of drug-likeness (QED) is 0.602. The maximum atomic E-state index is 12.9. The van der Waals surface area contributed by atoms with Gasteiger partial charge in [-0.1, -0.05) is 13.0 Å². The van der Waals surface area contributed by atoms with Crippen molar-refractivity contribution in [1.82, 2.24) is 29.2 Å². The lowest BCUT2D eigenvalue weighted by Crippen LogP contribution is -2.33. The number of carbonyl (C=O) groups excluding carboxylic acids is 1. The summed E-state index contributed by atoms with van der Waals surface area (Å²) in [6.45, 7) is 8.54. The van der Waals surface area contributed by atoms with Crippen LogP contribution in [0.2, 0.25) is 0 Å². The minimum atomic E-state index is -0.0298. The van der Waals surface area contributed by atoms with E-state index in [0.29, 0.717) is 23.8 Å². The highest BCUT2D eigenvalue weighted by Gasteiger charge is 2.25. The van der Waals surface area contributed by atoms with Crippen molar-refractivity contribution in [3.63, 3.8) is 0 Å². The number of rotatable bonds is 7. The molecule has 0 radical (unpaired) electrons. The van der Waals surface area contributed by atoms with Crippen LogP contribution in [0.3, 0.4) is 0 Å². The van der Waals surface area contributed by atoms with Gasteiger partial charge in [-0.3, -0.25) is 19.1 Å². The van der Waals surface area contributed by atoms with Crippen LogP contribution < -0.4 is 0 Å². The maximum absolute atomic E-state index is 12.9. The molecule has 1 saturated heterocycles. The second-order valence-corrected chi connectivity index (χ2v) is 7.95. The van der Waals surface area contributed by atoms with Crippen LogP contribution in [-0.4, -0.2) is 61.2 Å². The third-order valence-electron chi connectivity index (χ3n) is 5.96. The van der Waals surface area contributed by atoms with Gasteiger partial charge in [0.1, 0.15) is 6.33 Å². The highest BCUT2D eigenvalue weighted by atomic mass is 16.2. The Morgan fingerprint density at radius 1 is 1.17 bits per heavy atom. The number of piperidine rings is 1. The summed E-state index contributed by atoms with van der Waals surface area (Å²) in [5.74, 6) is 0.411. The van der Waals surface area contributed by atoms with Gasteiger partial charge in [0.2, 0.25) is 0 Å². The summed E-state index contributed by atoms with van der Waals surface area (Å²) >= 11 is 0. The molecule has 0 spiro atoms. The van der Waals surface area contributed by atoms with Crippen LogP contribution in [0.4, 0.5) is 0 Å². The molecule has 7 nitrogen and oxygen atoms in total. The van der Waals surface area contributed by atoms with E-state index in [0.717, 1.165) is 45.4 Å². The Bertz CT molecular complexity index is 978. The van der Waals surface area contributed by atoms with E-state index in [2.05, 4.69) is 38.9 Å². The lowest BCUT2D eigenvalue weighted by molar-refractivity contribution is 0.0761. The largest absolute Gasteiger partial charge is 0.337 e. The molecule has 4 rings (SSSR count). The first-order valence-electron chi connectivity index (χ1n) is 10.9. The Balaban J connectivity index is 1.49. The zero-order valence-corrected chi connectivity index (χ0v) is 17.9. The van der Waals surface area contributed by atoms with Crippen molar-refractivity contribution in [2.24, 2.45) is 0 Å². The fourth-order valence-corrected chi connectivity index (χ4v) is 4.36. The van der Waals surface area contributed by atoms with Crippen LogP contribution in [0, 0.1) is 0 Å². The Morgan fingerprint density at radius 3 is 2.70 bits per heavy atom. The zero-order valence-electron chi connectivity index (χ0n) is 17.9. The third-order valence-corrected chi connectivity index (χ3v) is 5.96. The van der Waals surface area contributed by atoms with Crippen LogP contribution in [0.5, 0.6) is 0 Å². The summed E-state index contributed by atoms with van der Waals surface area (Å²) in [6, 6.07) is 6.20. The van der Waals surface area contributed by atoms with E-state index in [1.165, 1.54) is 11.3 Å². The van der Waals surface area contributed by atoms with Crippen LogP contribution in [0.15, 0.2) is 43.1 Å². The maximum Gasteiger partial charge on any atom is 0.276 e. The molecule has 0 aliphatic carbocycles. The van der Waals surface area contributed by atoms with Gasteiger partial charge in [-0.2, -0.15) is 0 Å². The number of hydrogen-bond donors (Lipinski definition) is 0. The van der Waals surface area contributed by atoms with Gasteiger partial charge in [0.05, 0.1) is 0 Å². The molecule has 7 heteroatoms. The topological polar surface area (TPSA) is 66.6 Å². The van der Waals surface area contributed by atoms with Crippen LogP contribution in [0.1, 0.15) is 60.8 Å². The molecule has 1 aliphatic heterocycles. The van der Waals surface area contributed by atoms with E-state index >= 15 is 0 Å². The number of pyridine rings is 1. The molecule has 1 aliphatic rings. The Labute approximate surface area is 177 Å². The molecule has 30 heavy (non-hydrogen) atoms. The van der Waals surface area contributed by atoms with E-state index in [-0.39, 0.29) is 5.91 Å². The van der Waals surface area contributed by atoms with Crippen LogP contribution >= 0.6 is 0 Å². The summed E-state index contributed by atoms with van der Waals surface area (Å²) < 4.78 is 2.02. The lowest BCUT2D eigenvalue weighted by Gasteiger charge is -2.32. The third kappa shape index (κ3) is 4.21. The van der Waals surface area contributed by atoms with Crippen molar-refractivity contribution in [3.8, 4) is 0 Å². The standard InChI is InChI=1S/C23H30N6O/c1-3-12-28(4-2)23(30)21-22-25-11-7-20(29(22)17-26-21)19-8-13-27(14-9-19)16-18-6-5-10-24-15-18/h5-7,10-11,15,17,19H,3-4,8-9,12-14,16H2,1-2H3. The second-order valence-electron chi connectivity index (χ2n) is 7.95. The number of fused-ring (bicyclic) bond motifs is 1. The highest BCUT2D eigenvalue weighted by molar-refractivity contribution is 5.98. The average Bonchev–Trinajstić information content (AvgIpc) is 3.22. The molecule has 4 heterocycles. The smallest absolute Gasteiger partial charge is 0.276 e. The van der Waals surface area contributed by atoms with Crippen molar-refractivity contribution >= 4 is 11.6 Å². The molecule has 0 saturated carbocycles. The minimum absolute atomic E-state index is 0.0298. The van der Waals surface area contributed by atoms with Gasteiger partial charge in [-0.15, -0.1) is 0 Å². The van der Waals surface area contributed by atoms with Crippen molar-refractivity contribution in [3.05, 3.63) is 60.1 Å². The van der Waals surface area contributed by atoms with Crippen molar-refractivity contribution in [1.29, 1.82) is 0 Å². The summed E-state index contributed by atoms with van der Waals surface area (Å²) in [7, 11) is 0. The number of amides is 1. The Morgan fingerprint density at radius 2 is 2.00 bits per heavy atom. The fraction of sp³-hybridized carbons (Fsp3) is 0.478. The van der Waals surface area contributed by atoms with Gasteiger partial charge in [-0.25, -0.2) is 9.97 Å². The summed E-state index contributed by atoms with van der Waals surface area (Å²) in [4.78, 5) is 30.5. The van der Waals surface area contributed by atoms with Crippen LogP contribution in [-0.2, 0) is 6.54 Å². The normalized spacial score (nSPS) is 15.5. The molecule has 0 N–H and O–H groups in total. The summed E-state index contributed by atoms with van der Waals surface area (Å²) in [6.07, 6.45) is 10.4.